The predicted molar refractivity (Wildman–Crippen MR) is 71.9 cm³/mol. The van der Waals surface area contributed by atoms with Gasteiger partial charge in [-0.25, -0.2) is 4.79 Å². The summed E-state index contributed by atoms with van der Waals surface area (Å²) in [5.41, 5.74) is 2.08. The summed E-state index contributed by atoms with van der Waals surface area (Å²) in [6, 6.07) is 3.73. The van der Waals surface area contributed by atoms with Crippen LogP contribution < -0.4 is 4.74 Å². The maximum atomic E-state index is 11.8. The quantitative estimate of drug-likeness (QED) is 0.792. The first-order valence-corrected chi connectivity index (χ1v) is 6.50. The minimum Gasteiger partial charge on any atom is -0.493 e. The van der Waals surface area contributed by atoms with Crippen LogP contribution in [0.1, 0.15) is 22.8 Å². The van der Waals surface area contributed by atoms with Crippen LogP contribution in [0, 0.1) is 0 Å². The van der Waals surface area contributed by atoms with Crippen molar-refractivity contribution in [1.82, 2.24) is 4.98 Å². The average Bonchev–Trinajstić information content (AvgIpc) is 2.87. The molecule has 0 amide bonds. The Bertz CT molecular complexity index is 669. The van der Waals surface area contributed by atoms with Crippen LogP contribution in [0.2, 0.25) is 5.02 Å². The summed E-state index contributed by atoms with van der Waals surface area (Å²) in [4.78, 5) is 16.1. The van der Waals surface area contributed by atoms with Crippen LogP contribution in [0.15, 0.2) is 18.3 Å². The molecule has 0 aliphatic carbocycles. The largest absolute Gasteiger partial charge is 0.493 e. The van der Waals surface area contributed by atoms with E-state index in [1.165, 1.54) is 6.20 Å². The number of rotatable bonds is 2. The van der Waals surface area contributed by atoms with Crippen molar-refractivity contribution < 1.29 is 14.3 Å². The first kappa shape index (κ1) is 12.2. The molecule has 0 N–H and O–H groups in total. The van der Waals surface area contributed by atoms with E-state index in [2.05, 4.69) is 4.98 Å². The summed E-state index contributed by atoms with van der Waals surface area (Å²) in [6.07, 6.45) is 2.24. The second-order valence-electron chi connectivity index (χ2n) is 4.24. The van der Waals surface area contributed by atoms with E-state index in [1.807, 2.05) is 12.1 Å². The van der Waals surface area contributed by atoms with Crippen LogP contribution >= 0.6 is 11.6 Å². The molecule has 0 fully saturated rings. The van der Waals surface area contributed by atoms with Gasteiger partial charge in [0.2, 0.25) is 0 Å². The highest BCUT2D eigenvalue weighted by Crippen LogP contribution is 2.37. The molecule has 0 bridgehead atoms. The smallest absolute Gasteiger partial charge is 0.341 e. The molecule has 0 spiro atoms. The van der Waals surface area contributed by atoms with E-state index < -0.39 is 5.97 Å². The molecular formula is C14H12ClNO3. The molecule has 0 unspecified atom stereocenters. The Hall–Kier alpha value is -1.81. The highest BCUT2D eigenvalue weighted by Gasteiger charge is 2.21. The van der Waals surface area contributed by atoms with Gasteiger partial charge >= 0.3 is 5.97 Å². The minimum atomic E-state index is -0.446. The highest BCUT2D eigenvalue weighted by atomic mass is 35.5. The van der Waals surface area contributed by atoms with E-state index in [-0.39, 0.29) is 0 Å². The number of carbonyl (C=O) groups excluding carboxylic acids is 1. The van der Waals surface area contributed by atoms with Gasteiger partial charge in [-0.15, -0.1) is 0 Å². The first-order chi connectivity index (χ1) is 9.22. The van der Waals surface area contributed by atoms with Gasteiger partial charge < -0.3 is 9.47 Å². The summed E-state index contributed by atoms with van der Waals surface area (Å²) in [6.45, 7) is 2.70. The van der Waals surface area contributed by atoms with Gasteiger partial charge in [0.25, 0.3) is 0 Å². The number of hydrogen-bond donors (Lipinski definition) is 0. The Morgan fingerprint density at radius 3 is 3.16 bits per heavy atom. The number of benzene rings is 1. The number of esters is 1. The molecule has 1 aromatic heterocycles. The second kappa shape index (κ2) is 4.70. The monoisotopic (exact) mass is 277 g/mol. The van der Waals surface area contributed by atoms with Gasteiger partial charge in [0.05, 0.1) is 29.3 Å². The fraction of sp³-hybridized carbons (Fsp3) is 0.286. The molecule has 4 nitrogen and oxygen atoms in total. The third kappa shape index (κ3) is 1.92. The lowest BCUT2D eigenvalue weighted by Crippen LogP contribution is -2.06. The van der Waals surface area contributed by atoms with Crippen molar-refractivity contribution in [1.29, 1.82) is 0 Å². The van der Waals surface area contributed by atoms with Crippen LogP contribution in [0.4, 0.5) is 0 Å². The normalized spacial score (nSPS) is 13.2. The van der Waals surface area contributed by atoms with Crippen molar-refractivity contribution in [3.05, 3.63) is 34.5 Å². The molecule has 3 rings (SSSR count). The predicted octanol–water partition coefficient (Wildman–Crippen LogP) is 3.00. The molecule has 1 aliphatic heterocycles. The lowest BCUT2D eigenvalue weighted by Gasteiger charge is -2.09. The maximum absolute atomic E-state index is 11.8. The minimum absolute atomic E-state index is 0.302. The zero-order chi connectivity index (χ0) is 13.4. The Kier molecular flexibility index (Phi) is 3.03. The Morgan fingerprint density at radius 2 is 2.37 bits per heavy atom. The van der Waals surface area contributed by atoms with Crippen molar-refractivity contribution in [2.45, 2.75) is 13.3 Å². The number of carbonyl (C=O) groups is 1. The topological polar surface area (TPSA) is 48.4 Å². The zero-order valence-electron chi connectivity index (χ0n) is 10.4. The molecule has 2 heterocycles. The fourth-order valence-corrected chi connectivity index (χ4v) is 2.63. The third-order valence-electron chi connectivity index (χ3n) is 3.14. The highest BCUT2D eigenvalue weighted by molar-refractivity contribution is 6.38. The van der Waals surface area contributed by atoms with Crippen LogP contribution in [0.5, 0.6) is 5.75 Å². The molecule has 19 heavy (non-hydrogen) atoms. The summed E-state index contributed by atoms with van der Waals surface area (Å²) in [5.74, 6) is 0.371. The second-order valence-corrected chi connectivity index (χ2v) is 4.62. The molecule has 0 saturated heterocycles. The van der Waals surface area contributed by atoms with E-state index in [0.29, 0.717) is 23.8 Å². The van der Waals surface area contributed by atoms with Gasteiger partial charge in [-0.2, -0.15) is 0 Å². The van der Waals surface area contributed by atoms with E-state index in [9.17, 15) is 4.79 Å². The summed E-state index contributed by atoms with van der Waals surface area (Å²) >= 11 is 6.36. The number of ether oxygens (including phenoxy) is 2. The van der Waals surface area contributed by atoms with Gasteiger partial charge in [-0.05, 0) is 19.1 Å². The van der Waals surface area contributed by atoms with Gasteiger partial charge in [0, 0.05) is 23.6 Å². The molecule has 0 radical (unpaired) electrons. The number of hydrogen-bond acceptors (Lipinski definition) is 4. The number of pyridine rings is 1. The van der Waals surface area contributed by atoms with Crippen LogP contribution in [-0.4, -0.2) is 24.2 Å². The standard InChI is InChI=1S/C14H12ClNO3/c1-2-18-14(17)9-7-16-10-3-4-11-8(5-6-19-11)12(10)13(9)15/h3-4,7H,2,5-6H2,1H3. The Balaban J connectivity index is 2.23. The molecule has 1 aromatic carbocycles. The van der Waals surface area contributed by atoms with Crippen molar-refractivity contribution >= 4 is 28.5 Å². The van der Waals surface area contributed by atoms with Crippen LogP contribution in [-0.2, 0) is 11.2 Å². The molecule has 5 heteroatoms. The van der Waals surface area contributed by atoms with Crippen LogP contribution in [0.25, 0.3) is 10.9 Å². The molecule has 0 saturated carbocycles. The average molecular weight is 278 g/mol. The number of aromatic nitrogens is 1. The van der Waals surface area contributed by atoms with Gasteiger partial charge in [-0.1, -0.05) is 11.6 Å². The zero-order valence-corrected chi connectivity index (χ0v) is 11.2. The van der Waals surface area contributed by atoms with Crippen molar-refractivity contribution in [3.8, 4) is 5.75 Å². The lowest BCUT2D eigenvalue weighted by atomic mass is 10.0. The molecule has 1 aliphatic rings. The molecule has 2 aromatic rings. The fourth-order valence-electron chi connectivity index (χ4n) is 2.29. The van der Waals surface area contributed by atoms with Gasteiger partial charge in [0.15, 0.2) is 0 Å². The first-order valence-electron chi connectivity index (χ1n) is 6.12. The van der Waals surface area contributed by atoms with E-state index in [1.54, 1.807) is 6.92 Å². The van der Waals surface area contributed by atoms with Crippen LogP contribution in [0.3, 0.4) is 0 Å². The molecular weight excluding hydrogens is 266 g/mol. The SMILES string of the molecule is CCOC(=O)c1cnc2ccc3c(c2c1Cl)CCO3. The molecule has 98 valence electrons. The third-order valence-corrected chi connectivity index (χ3v) is 3.53. The van der Waals surface area contributed by atoms with Crippen molar-refractivity contribution in [2.75, 3.05) is 13.2 Å². The Morgan fingerprint density at radius 1 is 1.53 bits per heavy atom. The van der Waals surface area contributed by atoms with Gasteiger partial charge in [-0.3, -0.25) is 4.98 Å². The summed E-state index contributed by atoms with van der Waals surface area (Å²) in [5, 5.41) is 1.19. The van der Waals surface area contributed by atoms with Crippen molar-refractivity contribution in [3.63, 3.8) is 0 Å². The number of fused-ring (bicyclic) bond motifs is 3. The maximum Gasteiger partial charge on any atom is 0.341 e. The number of nitrogens with zero attached hydrogens (tertiary/aromatic N) is 1. The lowest BCUT2D eigenvalue weighted by molar-refractivity contribution is 0.0526. The van der Waals surface area contributed by atoms with E-state index in [4.69, 9.17) is 21.1 Å². The van der Waals surface area contributed by atoms with E-state index in [0.717, 1.165) is 28.6 Å². The Labute approximate surface area is 115 Å². The number of halogens is 1. The summed E-state index contributed by atoms with van der Waals surface area (Å²) in [7, 11) is 0. The van der Waals surface area contributed by atoms with Crippen molar-refractivity contribution in [2.24, 2.45) is 0 Å². The summed E-state index contributed by atoms with van der Waals surface area (Å²) < 4.78 is 10.5. The molecule has 0 atom stereocenters. The van der Waals surface area contributed by atoms with E-state index >= 15 is 0 Å². The van der Waals surface area contributed by atoms with Gasteiger partial charge in [0.1, 0.15) is 5.75 Å².